The molecule has 0 radical (unpaired) electrons. The first-order chi connectivity index (χ1) is 7.56. The summed E-state index contributed by atoms with van der Waals surface area (Å²) in [5.74, 6) is 0.659. The van der Waals surface area contributed by atoms with Crippen LogP contribution in [-0.2, 0) is 5.41 Å². The quantitative estimate of drug-likeness (QED) is 0.661. The van der Waals surface area contributed by atoms with E-state index in [0.29, 0.717) is 5.92 Å². The molecule has 1 aromatic rings. The number of nitrogens with two attached hydrogens (primary N) is 1. The molecule has 0 aliphatic heterocycles. The van der Waals surface area contributed by atoms with Gasteiger partial charge < -0.3 is 16.0 Å². The van der Waals surface area contributed by atoms with Crippen molar-refractivity contribution < 1.29 is 0 Å². The molecular formula is C13H25N3. The topological polar surface area (TPSA) is 53.8 Å². The van der Waals surface area contributed by atoms with Crippen molar-refractivity contribution in [3.8, 4) is 0 Å². The molecule has 1 aromatic heterocycles. The van der Waals surface area contributed by atoms with Gasteiger partial charge in [0.25, 0.3) is 0 Å². The van der Waals surface area contributed by atoms with Gasteiger partial charge in [-0.15, -0.1) is 0 Å². The number of aromatic nitrogens is 1. The zero-order valence-electron chi connectivity index (χ0n) is 10.7. The molecule has 0 aliphatic carbocycles. The Bertz CT molecular complexity index is 277. The lowest BCUT2D eigenvalue weighted by Gasteiger charge is -2.25. The smallest absolute Gasteiger partial charge is 0.00438 e. The SMILES string of the molecule is CC(CCN)CNCC(C)(C)c1cc[nH]c1. The first-order valence-corrected chi connectivity index (χ1v) is 6.10. The summed E-state index contributed by atoms with van der Waals surface area (Å²) in [7, 11) is 0. The van der Waals surface area contributed by atoms with E-state index in [1.54, 1.807) is 0 Å². The van der Waals surface area contributed by atoms with Crippen LogP contribution in [0.4, 0.5) is 0 Å². The Kier molecular flexibility index (Phi) is 5.03. The normalized spacial score (nSPS) is 14.0. The Labute approximate surface area is 98.8 Å². The zero-order chi connectivity index (χ0) is 12.0. The average molecular weight is 223 g/mol. The summed E-state index contributed by atoms with van der Waals surface area (Å²) >= 11 is 0. The fraction of sp³-hybridized carbons (Fsp3) is 0.692. The molecule has 0 spiro atoms. The highest BCUT2D eigenvalue weighted by molar-refractivity contribution is 5.20. The Hall–Kier alpha value is -0.800. The van der Waals surface area contributed by atoms with Crippen molar-refractivity contribution in [2.45, 2.75) is 32.6 Å². The van der Waals surface area contributed by atoms with E-state index >= 15 is 0 Å². The number of H-pyrrole nitrogens is 1. The van der Waals surface area contributed by atoms with E-state index in [0.717, 1.165) is 26.1 Å². The van der Waals surface area contributed by atoms with Crippen LogP contribution in [0.1, 0.15) is 32.8 Å². The van der Waals surface area contributed by atoms with Gasteiger partial charge in [-0.2, -0.15) is 0 Å². The van der Waals surface area contributed by atoms with Crippen LogP contribution >= 0.6 is 0 Å². The summed E-state index contributed by atoms with van der Waals surface area (Å²) in [6, 6.07) is 2.14. The third-order valence-corrected chi connectivity index (χ3v) is 3.10. The van der Waals surface area contributed by atoms with Gasteiger partial charge in [0.15, 0.2) is 0 Å². The number of nitrogens with one attached hydrogen (secondary N) is 2. The molecule has 3 heteroatoms. The maximum atomic E-state index is 5.53. The average Bonchev–Trinajstić information content (AvgIpc) is 2.71. The van der Waals surface area contributed by atoms with Crippen molar-refractivity contribution >= 4 is 0 Å². The summed E-state index contributed by atoms with van der Waals surface area (Å²) in [5, 5.41) is 3.53. The van der Waals surface area contributed by atoms with Crippen molar-refractivity contribution in [2.24, 2.45) is 11.7 Å². The Morgan fingerprint density at radius 2 is 2.25 bits per heavy atom. The first kappa shape index (κ1) is 13.3. The second-order valence-corrected chi connectivity index (χ2v) is 5.30. The molecule has 1 rings (SSSR count). The summed E-state index contributed by atoms with van der Waals surface area (Å²) in [6.45, 7) is 9.59. The molecule has 92 valence electrons. The zero-order valence-corrected chi connectivity index (χ0v) is 10.7. The third-order valence-electron chi connectivity index (χ3n) is 3.10. The molecule has 1 atom stereocenters. The van der Waals surface area contributed by atoms with Crippen LogP contribution in [-0.4, -0.2) is 24.6 Å². The van der Waals surface area contributed by atoms with E-state index in [-0.39, 0.29) is 5.41 Å². The predicted molar refractivity (Wildman–Crippen MR) is 69.5 cm³/mol. The molecule has 0 aliphatic rings. The van der Waals surface area contributed by atoms with Crippen LogP contribution in [0, 0.1) is 5.92 Å². The molecule has 3 nitrogen and oxygen atoms in total. The highest BCUT2D eigenvalue weighted by Crippen LogP contribution is 2.21. The van der Waals surface area contributed by atoms with E-state index in [2.05, 4.69) is 43.3 Å². The molecule has 1 unspecified atom stereocenters. The number of rotatable bonds is 7. The second kappa shape index (κ2) is 6.06. The van der Waals surface area contributed by atoms with Crippen LogP contribution in [0.2, 0.25) is 0 Å². The van der Waals surface area contributed by atoms with Crippen molar-refractivity contribution in [1.82, 2.24) is 10.3 Å². The fourth-order valence-electron chi connectivity index (χ4n) is 1.86. The minimum Gasteiger partial charge on any atom is -0.367 e. The summed E-state index contributed by atoms with van der Waals surface area (Å²) in [4.78, 5) is 3.11. The molecule has 0 saturated carbocycles. The monoisotopic (exact) mass is 223 g/mol. The van der Waals surface area contributed by atoms with Crippen molar-refractivity contribution in [3.05, 3.63) is 24.0 Å². The van der Waals surface area contributed by atoms with Gasteiger partial charge in [0.2, 0.25) is 0 Å². The first-order valence-electron chi connectivity index (χ1n) is 6.10. The Morgan fingerprint density at radius 3 is 2.81 bits per heavy atom. The number of aromatic amines is 1. The summed E-state index contributed by atoms with van der Waals surface area (Å²) in [5.41, 5.74) is 7.07. The minimum absolute atomic E-state index is 0.183. The largest absolute Gasteiger partial charge is 0.367 e. The van der Waals surface area contributed by atoms with E-state index in [1.807, 2.05) is 6.20 Å². The van der Waals surface area contributed by atoms with Crippen LogP contribution < -0.4 is 11.1 Å². The maximum absolute atomic E-state index is 5.53. The van der Waals surface area contributed by atoms with Gasteiger partial charge in [-0.3, -0.25) is 0 Å². The van der Waals surface area contributed by atoms with Crippen LogP contribution in [0.5, 0.6) is 0 Å². The molecule has 0 amide bonds. The lowest BCUT2D eigenvalue weighted by Crippen LogP contribution is -2.35. The molecule has 0 bridgehead atoms. The van der Waals surface area contributed by atoms with Gasteiger partial charge in [-0.05, 0) is 37.1 Å². The fourth-order valence-corrected chi connectivity index (χ4v) is 1.86. The molecule has 4 N–H and O–H groups in total. The minimum atomic E-state index is 0.183. The van der Waals surface area contributed by atoms with Gasteiger partial charge in [0.05, 0.1) is 0 Å². The van der Waals surface area contributed by atoms with Gasteiger partial charge in [-0.1, -0.05) is 20.8 Å². The predicted octanol–water partition coefficient (Wildman–Crippen LogP) is 1.87. The lowest BCUT2D eigenvalue weighted by atomic mass is 9.86. The standard InChI is InChI=1S/C13H25N3/c1-11(4-6-14)8-16-10-13(2,3)12-5-7-15-9-12/h5,7,9,11,15-16H,4,6,8,10,14H2,1-3H3. The van der Waals surface area contributed by atoms with Gasteiger partial charge >= 0.3 is 0 Å². The maximum Gasteiger partial charge on any atom is 0.00438 e. The van der Waals surface area contributed by atoms with Crippen molar-refractivity contribution in [3.63, 3.8) is 0 Å². The van der Waals surface area contributed by atoms with Crippen LogP contribution in [0.3, 0.4) is 0 Å². The van der Waals surface area contributed by atoms with Crippen molar-refractivity contribution in [2.75, 3.05) is 19.6 Å². The van der Waals surface area contributed by atoms with E-state index < -0.39 is 0 Å². The van der Waals surface area contributed by atoms with Gasteiger partial charge in [0, 0.05) is 24.4 Å². The number of hydrogen-bond acceptors (Lipinski definition) is 2. The van der Waals surface area contributed by atoms with Crippen LogP contribution in [0.15, 0.2) is 18.5 Å². The van der Waals surface area contributed by atoms with E-state index in [4.69, 9.17) is 5.73 Å². The molecule has 0 fully saturated rings. The molecule has 16 heavy (non-hydrogen) atoms. The van der Waals surface area contributed by atoms with E-state index in [9.17, 15) is 0 Å². The Morgan fingerprint density at radius 1 is 1.50 bits per heavy atom. The van der Waals surface area contributed by atoms with Crippen LogP contribution in [0.25, 0.3) is 0 Å². The molecule has 0 aromatic carbocycles. The number of hydrogen-bond donors (Lipinski definition) is 3. The molecule has 0 saturated heterocycles. The van der Waals surface area contributed by atoms with Crippen molar-refractivity contribution in [1.29, 1.82) is 0 Å². The molecular weight excluding hydrogens is 198 g/mol. The molecule has 1 heterocycles. The highest BCUT2D eigenvalue weighted by atomic mass is 14.9. The lowest BCUT2D eigenvalue weighted by molar-refractivity contribution is 0.422. The van der Waals surface area contributed by atoms with Gasteiger partial charge in [-0.25, -0.2) is 0 Å². The van der Waals surface area contributed by atoms with E-state index in [1.165, 1.54) is 5.56 Å². The Balaban J connectivity index is 2.32. The highest BCUT2D eigenvalue weighted by Gasteiger charge is 2.20. The van der Waals surface area contributed by atoms with Gasteiger partial charge in [0.1, 0.15) is 0 Å². The second-order valence-electron chi connectivity index (χ2n) is 5.30. The summed E-state index contributed by atoms with van der Waals surface area (Å²) in [6.07, 6.45) is 5.15. The summed E-state index contributed by atoms with van der Waals surface area (Å²) < 4.78 is 0. The third kappa shape index (κ3) is 3.99.